The summed E-state index contributed by atoms with van der Waals surface area (Å²) in [5.74, 6) is 0. The second kappa shape index (κ2) is 7.40. The lowest BCUT2D eigenvalue weighted by molar-refractivity contribution is 0.675. The molecule has 0 fully saturated rings. The first-order valence-corrected chi connectivity index (χ1v) is 10.1. The number of nitrogens with zero attached hydrogens (tertiary/aromatic N) is 1. The summed E-state index contributed by atoms with van der Waals surface area (Å²) in [6.45, 7) is 1.90. The molecule has 2 unspecified atom stereocenters. The van der Waals surface area contributed by atoms with Crippen LogP contribution in [0.4, 0.5) is 0 Å². The maximum atomic E-state index is 13.0. The third-order valence-corrected chi connectivity index (χ3v) is 6.34. The zero-order valence-electron chi connectivity index (χ0n) is 15.2. The van der Waals surface area contributed by atoms with E-state index in [1.54, 1.807) is 48.5 Å². The van der Waals surface area contributed by atoms with Crippen molar-refractivity contribution in [3.63, 3.8) is 0 Å². The van der Waals surface area contributed by atoms with Gasteiger partial charge in [-0.3, -0.25) is 9.00 Å². The van der Waals surface area contributed by atoms with Crippen LogP contribution < -0.4 is 11.2 Å². The maximum Gasteiger partial charge on any atom is 0.333 e. The first-order valence-electron chi connectivity index (χ1n) is 8.86. The molecule has 0 amide bonds. The molecule has 0 spiro atoms. The van der Waals surface area contributed by atoms with Crippen molar-refractivity contribution in [3.05, 3.63) is 105 Å². The summed E-state index contributed by atoms with van der Waals surface area (Å²) in [5.41, 5.74) is 0.919. The third-order valence-electron chi connectivity index (χ3n) is 4.70. The standard InChI is InChI=1S/C22H18N2O3S/c1-15(16-8-3-2-4-9-16)28(27)18-11-7-10-17(14-18)24-21(25)19-12-5-6-13-20(19)23-22(24)26/h2-15H,1H3,(H,23,26). The lowest BCUT2D eigenvalue weighted by Gasteiger charge is -2.13. The molecular formula is C22H18N2O3S. The summed E-state index contributed by atoms with van der Waals surface area (Å²) >= 11 is 0. The molecule has 28 heavy (non-hydrogen) atoms. The summed E-state index contributed by atoms with van der Waals surface area (Å²) < 4.78 is 14.1. The van der Waals surface area contributed by atoms with Crippen LogP contribution >= 0.6 is 0 Å². The number of hydrogen-bond acceptors (Lipinski definition) is 3. The van der Waals surface area contributed by atoms with Crippen molar-refractivity contribution in [1.29, 1.82) is 0 Å². The number of fused-ring (bicyclic) bond motifs is 1. The van der Waals surface area contributed by atoms with Crippen LogP contribution in [0.5, 0.6) is 0 Å². The van der Waals surface area contributed by atoms with Gasteiger partial charge in [-0.25, -0.2) is 9.36 Å². The molecule has 5 nitrogen and oxygen atoms in total. The molecule has 140 valence electrons. The Balaban J connectivity index is 1.80. The highest BCUT2D eigenvalue weighted by Gasteiger charge is 2.17. The molecule has 4 rings (SSSR count). The average Bonchev–Trinajstić information content (AvgIpc) is 2.73. The van der Waals surface area contributed by atoms with Gasteiger partial charge in [0.25, 0.3) is 5.56 Å². The molecule has 4 aromatic rings. The fourth-order valence-electron chi connectivity index (χ4n) is 3.20. The summed E-state index contributed by atoms with van der Waals surface area (Å²) in [5, 5.41) is 0.203. The van der Waals surface area contributed by atoms with Crippen molar-refractivity contribution in [1.82, 2.24) is 9.55 Å². The van der Waals surface area contributed by atoms with Crippen LogP contribution in [-0.4, -0.2) is 13.8 Å². The topological polar surface area (TPSA) is 71.9 Å². The van der Waals surface area contributed by atoms with Gasteiger partial charge in [-0.1, -0.05) is 48.5 Å². The minimum Gasteiger partial charge on any atom is -0.306 e. The molecule has 0 radical (unpaired) electrons. The highest BCUT2D eigenvalue weighted by Crippen LogP contribution is 2.25. The second-order valence-corrected chi connectivity index (χ2v) is 8.24. The zero-order valence-corrected chi connectivity index (χ0v) is 16.0. The Kier molecular flexibility index (Phi) is 4.79. The molecule has 1 N–H and O–H groups in total. The second-order valence-electron chi connectivity index (χ2n) is 6.46. The van der Waals surface area contributed by atoms with Gasteiger partial charge in [0.05, 0.1) is 32.6 Å². The van der Waals surface area contributed by atoms with Gasteiger partial charge in [0.15, 0.2) is 0 Å². The molecule has 0 bridgehead atoms. The van der Waals surface area contributed by atoms with Crippen molar-refractivity contribution >= 4 is 21.7 Å². The van der Waals surface area contributed by atoms with Gasteiger partial charge in [-0.05, 0) is 42.8 Å². The fourth-order valence-corrected chi connectivity index (χ4v) is 4.46. The van der Waals surface area contributed by atoms with Crippen LogP contribution in [0.25, 0.3) is 16.6 Å². The Morgan fingerprint density at radius 3 is 2.39 bits per heavy atom. The number of benzene rings is 3. The van der Waals surface area contributed by atoms with Gasteiger partial charge < -0.3 is 4.98 Å². The van der Waals surface area contributed by atoms with Crippen molar-refractivity contribution in [3.8, 4) is 5.69 Å². The number of aromatic amines is 1. The minimum absolute atomic E-state index is 0.219. The predicted octanol–water partition coefficient (Wildman–Crippen LogP) is 3.55. The van der Waals surface area contributed by atoms with E-state index in [0.717, 1.165) is 10.1 Å². The quantitative estimate of drug-likeness (QED) is 0.579. The molecule has 3 aromatic carbocycles. The van der Waals surface area contributed by atoms with Crippen LogP contribution in [0.2, 0.25) is 0 Å². The number of para-hydroxylation sites is 1. The van der Waals surface area contributed by atoms with E-state index in [1.807, 2.05) is 37.3 Å². The van der Waals surface area contributed by atoms with E-state index < -0.39 is 22.0 Å². The largest absolute Gasteiger partial charge is 0.333 e. The smallest absolute Gasteiger partial charge is 0.306 e. The van der Waals surface area contributed by atoms with Gasteiger partial charge in [0.2, 0.25) is 0 Å². The number of H-pyrrole nitrogens is 1. The van der Waals surface area contributed by atoms with Crippen LogP contribution in [-0.2, 0) is 10.8 Å². The van der Waals surface area contributed by atoms with Crippen LogP contribution in [0, 0.1) is 0 Å². The third kappa shape index (κ3) is 3.23. The number of hydrogen-bond donors (Lipinski definition) is 1. The number of aromatic nitrogens is 2. The Bertz CT molecular complexity index is 1290. The number of rotatable bonds is 4. The molecule has 1 aromatic heterocycles. The van der Waals surface area contributed by atoms with Crippen LogP contribution in [0.1, 0.15) is 17.7 Å². The minimum atomic E-state index is -1.33. The zero-order chi connectivity index (χ0) is 19.7. The Hall–Kier alpha value is -3.25. The fraction of sp³-hybridized carbons (Fsp3) is 0.0909. The molecule has 2 atom stereocenters. The van der Waals surface area contributed by atoms with Crippen molar-refractivity contribution in [2.75, 3.05) is 0 Å². The molecule has 0 saturated heterocycles. The van der Waals surface area contributed by atoms with E-state index >= 15 is 0 Å². The van der Waals surface area contributed by atoms with E-state index in [1.165, 1.54) is 0 Å². The predicted molar refractivity (Wildman–Crippen MR) is 111 cm³/mol. The molecule has 0 aliphatic carbocycles. The Labute approximate surface area is 163 Å². The highest BCUT2D eigenvalue weighted by atomic mass is 32.2. The van der Waals surface area contributed by atoms with Gasteiger partial charge in [-0.2, -0.15) is 0 Å². The average molecular weight is 390 g/mol. The van der Waals surface area contributed by atoms with E-state index in [4.69, 9.17) is 0 Å². The monoisotopic (exact) mass is 390 g/mol. The van der Waals surface area contributed by atoms with Crippen LogP contribution in [0.3, 0.4) is 0 Å². The van der Waals surface area contributed by atoms with E-state index in [9.17, 15) is 13.8 Å². The van der Waals surface area contributed by atoms with Gasteiger partial charge in [-0.15, -0.1) is 0 Å². The van der Waals surface area contributed by atoms with Gasteiger partial charge in [0.1, 0.15) is 0 Å². The normalized spacial score (nSPS) is 13.3. The van der Waals surface area contributed by atoms with E-state index in [2.05, 4.69) is 4.98 Å². The molecule has 6 heteroatoms. The molecular weight excluding hydrogens is 372 g/mol. The van der Waals surface area contributed by atoms with Crippen molar-refractivity contribution < 1.29 is 4.21 Å². The maximum absolute atomic E-state index is 13.0. The molecule has 1 heterocycles. The lowest BCUT2D eigenvalue weighted by Crippen LogP contribution is -2.33. The first kappa shape index (κ1) is 18.1. The number of nitrogens with one attached hydrogen (secondary N) is 1. The van der Waals surface area contributed by atoms with Gasteiger partial charge >= 0.3 is 5.69 Å². The lowest BCUT2D eigenvalue weighted by atomic mass is 10.2. The Morgan fingerprint density at radius 2 is 1.61 bits per heavy atom. The van der Waals surface area contributed by atoms with Crippen molar-refractivity contribution in [2.24, 2.45) is 0 Å². The summed E-state index contributed by atoms with van der Waals surface area (Å²) in [4.78, 5) is 28.7. The molecule has 0 aliphatic heterocycles. The summed E-state index contributed by atoms with van der Waals surface area (Å²) in [6, 6.07) is 23.2. The van der Waals surface area contributed by atoms with Crippen molar-refractivity contribution in [2.45, 2.75) is 17.1 Å². The first-order chi connectivity index (χ1) is 13.6. The highest BCUT2D eigenvalue weighted by molar-refractivity contribution is 7.85. The molecule has 0 aliphatic rings. The molecule has 0 saturated carbocycles. The van der Waals surface area contributed by atoms with E-state index in [0.29, 0.717) is 21.5 Å². The van der Waals surface area contributed by atoms with Crippen LogP contribution in [0.15, 0.2) is 93.3 Å². The summed E-state index contributed by atoms with van der Waals surface area (Å²) in [6.07, 6.45) is 0. The SMILES string of the molecule is CC(c1ccccc1)S(=O)c1cccc(-n2c(=O)[nH]c3ccccc3c2=O)c1. The van der Waals surface area contributed by atoms with Gasteiger partial charge in [0, 0.05) is 4.90 Å². The Morgan fingerprint density at radius 1 is 0.893 bits per heavy atom. The van der Waals surface area contributed by atoms with E-state index in [-0.39, 0.29) is 5.25 Å². The summed E-state index contributed by atoms with van der Waals surface area (Å²) in [7, 11) is -1.33.